The van der Waals surface area contributed by atoms with Gasteiger partial charge in [-0.3, -0.25) is 14.9 Å². The van der Waals surface area contributed by atoms with Crippen molar-refractivity contribution in [1.82, 2.24) is 5.32 Å². The Morgan fingerprint density at radius 2 is 1.70 bits per heavy atom. The van der Waals surface area contributed by atoms with Gasteiger partial charge in [0.05, 0.1) is 11.0 Å². The fourth-order valence-electron chi connectivity index (χ4n) is 3.43. The number of carbonyl (C=O) groups excluding carboxylic acids is 2. The quantitative estimate of drug-likeness (QED) is 0.274. The van der Waals surface area contributed by atoms with Crippen LogP contribution in [0.2, 0.25) is 0 Å². The van der Waals surface area contributed by atoms with Crippen LogP contribution < -0.4 is 10.1 Å². The minimum Gasteiger partial charge on any atom is -0.490 e. The molecule has 2 amide bonds. The Labute approximate surface area is 197 Å². The smallest absolute Gasteiger partial charge is 0.286 e. The zero-order valence-corrected chi connectivity index (χ0v) is 19.0. The second-order valence-corrected chi connectivity index (χ2v) is 8.71. The molecule has 0 aromatic heterocycles. The Morgan fingerprint density at radius 3 is 2.42 bits per heavy atom. The van der Waals surface area contributed by atoms with Gasteiger partial charge in [0, 0.05) is 0 Å². The number of benzene rings is 3. The molecular weight excluding hydrogens is 436 g/mol. The standard InChI is InChI=1S/C26H24N2O4S/c1-18(20-10-12-22(13-11-20)21-7-3-2-4-8-21)28-32-15-14-31-23-9-5-6-19(16-23)17-24-25(29)27-26(30)33-24/h2-13,16,24H,14-15,17H2,1H3,(H,27,29,30)/b28-18-. The molecule has 1 saturated heterocycles. The molecule has 0 saturated carbocycles. The van der Waals surface area contributed by atoms with E-state index in [4.69, 9.17) is 9.57 Å². The largest absolute Gasteiger partial charge is 0.490 e. The van der Waals surface area contributed by atoms with Crippen molar-refractivity contribution in [2.24, 2.45) is 5.16 Å². The molecule has 0 radical (unpaired) electrons. The van der Waals surface area contributed by atoms with Gasteiger partial charge in [0.1, 0.15) is 12.4 Å². The molecule has 7 heteroatoms. The fourth-order valence-corrected chi connectivity index (χ4v) is 4.29. The lowest BCUT2D eigenvalue weighted by molar-refractivity contribution is -0.118. The van der Waals surface area contributed by atoms with Crippen LogP contribution in [0.1, 0.15) is 18.1 Å². The molecule has 168 valence electrons. The van der Waals surface area contributed by atoms with E-state index in [1.165, 1.54) is 5.56 Å². The average molecular weight is 461 g/mol. The first kappa shape index (κ1) is 22.6. The van der Waals surface area contributed by atoms with Crippen LogP contribution in [-0.2, 0) is 16.1 Å². The summed E-state index contributed by atoms with van der Waals surface area (Å²) in [6.45, 7) is 2.55. The van der Waals surface area contributed by atoms with E-state index in [1.54, 1.807) is 0 Å². The van der Waals surface area contributed by atoms with Crippen molar-refractivity contribution in [1.29, 1.82) is 0 Å². The van der Waals surface area contributed by atoms with E-state index in [9.17, 15) is 9.59 Å². The highest BCUT2D eigenvalue weighted by molar-refractivity contribution is 8.15. The van der Waals surface area contributed by atoms with Crippen molar-refractivity contribution in [3.05, 3.63) is 90.0 Å². The second kappa shape index (κ2) is 10.8. The van der Waals surface area contributed by atoms with Crippen molar-refractivity contribution in [3.8, 4) is 16.9 Å². The number of thioether (sulfide) groups is 1. The molecule has 0 aliphatic carbocycles. The summed E-state index contributed by atoms with van der Waals surface area (Å²) in [6, 6.07) is 25.9. The summed E-state index contributed by atoms with van der Waals surface area (Å²) in [5, 5.41) is 5.81. The fraction of sp³-hybridized carbons (Fsp3) is 0.192. The summed E-state index contributed by atoms with van der Waals surface area (Å²) in [4.78, 5) is 28.5. The van der Waals surface area contributed by atoms with E-state index in [2.05, 4.69) is 34.7 Å². The van der Waals surface area contributed by atoms with Gasteiger partial charge in [-0.15, -0.1) is 0 Å². The predicted octanol–water partition coefficient (Wildman–Crippen LogP) is 5.07. The number of nitrogens with zero attached hydrogens (tertiary/aromatic N) is 1. The molecule has 3 aromatic carbocycles. The molecule has 4 rings (SSSR count). The first-order chi connectivity index (χ1) is 16.1. The molecule has 33 heavy (non-hydrogen) atoms. The summed E-state index contributed by atoms with van der Waals surface area (Å²) < 4.78 is 5.74. The van der Waals surface area contributed by atoms with Crippen LogP contribution in [0.3, 0.4) is 0 Å². The average Bonchev–Trinajstić information content (AvgIpc) is 3.16. The Balaban J connectivity index is 1.24. The summed E-state index contributed by atoms with van der Waals surface area (Å²) >= 11 is 1.02. The van der Waals surface area contributed by atoms with Gasteiger partial charge < -0.3 is 9.57 Å². The van der Waals surface area contributed by atoms with E-state index in [0.29, 0.717) is 25.4 Å². The molecule has 1 fully saturated rings. The van der Waals surface area contributed by atoms with Gasteiger partial charge in [0.15, 0.2) is 6.61 Å². The van der Waals surface area contributed by atoms with Gasteiger partial charge in [-0.25, -0.2) is 0 Å². The molecular formula is C26H24N2O4S. The summed E-state index contributed by atoms with van der Waals surface area (Å²) in [7, 11) is 0. The summed E-state index contributed by atoms with van der Waals surface area (Å²) in [6.07, 6.45) is 0.475. The molecule has 0 bridgehead atoms. The monoisotopic (exact) mass is 460 g/mol. The van der Waals surface area contributed by atoms with Crippen LogP contribution in [-0.4, -0.2) is 35.3 Å². The third kappa shape index (κ3) is 6.23. The molecule has 0 spiro atoms. The van der Waals surface area contributed by atoms with Crippen LogP contribution in [0.5, 0.6) is 5.75 Å². The number of carbonyl (C=O) groups is 2. The van der Waals surface area contributed by atoms with Gasteiger partial charge >= 0.3 is 0 Å². The van der Waals surface area contributed by atoms with Crippen molar-refractivity contribution in [2.45, 2.75) is 18.6 Å². The SMILES string of the molecule is C/C(=N/OCCOc1cccc(CC2SC(=O)NC2=O)c1)c1ccc(-c2ccccc2)cc1. The Bertz CT molecular complexity index is 1150. The lowest BCUT2D eigenvalue weighted by atomic mass is 10.0. The van der Waals surface area contributed by atoms with Crippen LogP contribution >= 0.6 is 11.8 Å². The summed E-state index contributed by atoms with van der Waals surface area (Å²) in [5.41, 5.74) is 5.05. The first-order valence-corrected chi connectivity index (χ1v) is 11.5. The maximum absolute atomic E-state index is 11.7. The number of rotatable bonds is 9. The highest BCUT2D eigenvalue weighted by atomic mass is 32.2. The van der Waals surface area contributed by atoms with Crippen molar-refractivity contribution < 1.29 is 19.2 Å². The van der Waals surface area contributed by atoms with Crippen molar-refractivity contribution >= 4 is 28.6 Å². The lowest BCUT2D eigenvalue weighted by Gasteiger charge is -2.09. The number of hydrogen-bond acceptors (Lipinski definition) is 6. The van der Waals surface area contributed by atoms with Crippen molar-refractivity contribution in [3.63, 3.8) is 0 Å². The van der Waals surface area contributed by atoms with Crippen LogP contribution in [0.15, 0.2) is 84.0 Å². The molecule has 1 aliphatic heterocycles. The van der Waals surface area contributed by atoms with E-state index >= 15 is 0 Å². The molecule has 1 unspecified atom stereocenters. The summed E-state index contributed by atoms with van der Waals surface area (Å²) in [5.74, 6) is 0.440. The number of imide groups is 1. The van der Waals surface area contributed by atoms with Gasteiger partial charge in [-0.05, 0) is 47.7 Å². The lowest BCUT2D eigenvalue weighted by Crippen LogP contribution is -2.25. The number of nitrogens with one attached hydrogen (secondary N) is 1. The van der Waals surface area contributed by atoms with E-state index in [-0.39, 0.29) is 11.1 Å². The molecule has 1 heterocycles. The zero-order chi connectivity index (χ0) is 23.0. The third-order valence-electron chi connectivity index (χ3n) is 5.14. The Kier molecular flexibility index (Phi) is 7.42. The number of ether oxygens (including phenoxy) is 1. The molecule has 3 aromatic rings. The number of amides is 2. The van der Waals surface area contributed by atoms with Gasteiger partial charge in [-0.1, -0.05) is 83.6 Å². The second-order valence-electron chi connectivity index (χ2n) is 7.54. The highest BCUT2D eigenvalue weighted by Crippen LogP contribution is 2.24. The molecule has 1 aliphatic rings. The van der Waals surface area contributed by atoms with Crippen LogP contribution in [0, 0.1) is 0 Å². The van der Waals surface area contributed by atoms with Crippen molar-refractivity contribution in [2.75, 3.05) is 13.2 Å². The Hall–Kier alpha value is -3.58. The van der Waals surface area contributed by atoms with E-state index < -0.39 is 5.25 Å². The number of hydrogen-bond donors (Lipinski definition) is 1. The third-order valence-corrected chi connectivity index (χ3v) is 6.12. The topological polar surface area (TPSA) is 77.0 Å². The normalized spacial score (nSPS) is 15.9. The van der Waals surface area contributed by atoms with Gasteiger partial charge in [-0.2, -0.15) is 0 Å². The maximum Gasteiger partial charge on any atom is 0.286 e. The maximum atomic E-state index is 11.7. The predicted molar refractivity (Wildman–Crippen MR) is 131 cm³/mol. The minimum atomic E-state index is -0.393. The molecule has 6 nitrogen and oxygen atoms in total. The minimum absolute atomic E-state index is 0.243. The van der Waals surface area contributed by atoms with E-state index in [1.807, 2.05) is 61.5 Å². The zero-order valence-electron chi connectivity index (χ0n) is 18.2. The first-order valence-electron chi connectivity index (χ1n) is 10.6. The van der Waals surface area contributed by atoms with Crippen LogP contribution in [0.4, 0.5) is 4.79 Å². The molecule has 1 atom stereocenters. The highest BCUT2D eigenvalue weighted by Gasteiger charge is 2.31. The van der Waals surface area contributed by atoms with Crippen LogP contribution in [0.25, 0.3) is 11.1 Å². The Morgan fingerprint density at radius 1 is 0.939 bits per heavy atom. The number of oxime groups is 1. The van der Waals surface area contributed by atoms with Gasteiger partial charge in [0.2, 0.25) is 5.91 Å². The van der Waals surface area contributed by atoms with Gasteiger partial charge in [0.25, 0.3) is 5.24 Å². The molecule has 1 N–H and O–H groups in total. The van der Waals surface area contributed by atoms with E-state index in [0.717, 1.165) is 34.2 Å².